The van der Waals surface area contributed by atoms with E-state index < -0.39 is 5.97 Å². The van der Waals surface area contributed by atoms with Gasteiger partial charge in [-0.3, -0.25) is 0 Å². The molecule has 0 amide bonds. The van der Waals surface area contributed by atoms with Crippen LogP contribution in [0.5, 0.6) is 11.5 Å². The number of ether oxygens (including phenoxy) is 1. The Hall–Kier alpha value is -2.53. The molecule has 0 saturated heterocycles. The van der Waals surface area contributed by atoms with Gasteiger partial charge in [-0.25, -0.2) is 4.79 Å². The smallest absolute Gasteiger partial charge is 0.335 e. The van der Waals surface area contributed by atoms with Gasteiger partial charge in [-0.1, -0.05) is 24.3 Å². The molecular weight excluding hydrogens is 270 g/mol. The number of rotatable bonds is 7. The third kappa shape index (κ3) is 4.50. The maximum atomic E-state index is 10.8. The van der Waals surface area contributed by atoms with E-state index >= 15 is 0 Å². The van der Waals surface area contributed by atoms with Crippen LogP contribution >= 0.6 is 0 Å². The summed E-state index contributed by atoms with van der Waals surface area (Å²) >= 11 is 0. The Balaban J connectivity index is 1.74. The Kier molecular flexibility index (Phi) is 5.17. The SMILES string of the molecule is O=C(O)c1cccc(OCCNCc2ccccc2O)c1. The molecule has 0 aliphatic rings. The van der Waals surface area contributed by atoms with Crippen LogP contribution in [0.15, 0.2) is 48.5 Å². The predicted octanol–water partition coefficient (Wildman–Crippen LogP) is 2.26. The van der Waals surface area contributed by atoms with Crippen LogP contribution in [0.3, 0.4) is 0 Å². The molecule has 0 saturated carbocycles. The molecule has 0 aliphatic heterocycles. The number of carboxylic acids is 1. The van der Waals surface area contributed by atoms with Gasteiger partial charge in [-0.2, -0.15) is 0 Å². The van der Waals surface area contributed by atoms with Crippen LogP contribution in [-0.2, 0) is 6.54 Å². The summed E-state index contributed by atoms with van der Waals surface area (Å²) in [7, 11) is 0. The maximum Gasteiger partial charge on any atom is 0.335 e. The summed E-state index contributed by atoms with van der Waals surface area (Å²) in [6.07, 6.45) is 0. The third-order valence-corrected chi connectivity index (χ3v) is 2.94. The Labute approximate surface area is 122 Å². The molecule has 0 bridgehead atoms. The monoisotopic (exact) mass is 287 g/mol. The van der Waals surface area contributed by atoms with Crippen molar-refractivity contribution < 1.29 is 19.7 Å². The van der Waals surface area contributed by atoms with Crippen molar-refractivity contribution in [3.05, 3.63) is 59.7 Å². The average molecular weight is 287 g/mol. The van der Waals surface area contributed by atoms with Crippen molar-refractivity contribution in [3.63, 3.8) is 0 Å². The summed E-state index contributed by atoms with van der Waals surface area (Å²) in [4.78, 5) is 10.8. The first kappa shape index (κ1) is 14.9. The van der Waals surface area contributed by atoms with Crippen molar-refractivity contribution in [3.8, 4) is 11.5 Å². The molecule has 2 aromatic carbocycles. The zero-order valence-electron chi connectivity index (χ0n) is 11.5. The van der Waals surface area contributed by atoms with Gasteiger partial charge < -0.3 is 20.3 Å². The Morgan fingerprint density at radius 3 is 2.71 bits per heavy atom. The second kappa shape index (κ2) is 7.31. The number of benzene rings is 2. The van der Waals surface area contributed by atoms with Gasteiger partial charge >= 0.3 is 5.97 Å². The average Bonchev–Trinajstić information content (AvgIpc) is 2.49. The normalized spacial score (nSPS) is 10.3. The first-order chi connectivity index (χ1) is 10.2. The Morgan fingerprint density at radius 1 is 1.14 bits per heavy atom. The zero-order valence-corrected chi connectivity index (χ0v) is 11.5. The van der Waals surface area contributed by atoms with Crippen LogP contribution < -0.4 is 10.1 Å². The number of hydrogen-bond donors (Lipinski definition) is 3. The number of carbonyl (C=O) groups is 1. The van der Waals surface area contributed by atoms with Gasteiger partial charge in [0.15, 0.2) is 0 Å². The minimum absolute atomic E-state index is 0.203. The minimum atomic E-state index is -0.974. The number of carboxylic acid groups (broad SMARTS) is 1. The maximum absolute atomic E-state index is 10.8. The number of phenols is 1. The molecule has 2 rings (SSSR count). The molecule has 2 aromatic rings. The fraction of sp³-hybridized carbons (Fsp3) is 0.188. The molecule has 5 nitrogen and oxygen atoms in total. The van der Waals surface area contributed by atoms with Crippen LogP contribution in [0, 0.1) is 0 Å². The summed E-state index contributed by atoms with van der Waals surface area (Å²) in [5.41, 5.74) is 1.03. The van der Waals surface area contributed by atoms with Crippen LogP contribution in [0.2, 0.25) is 0 Å². The lowest BCUT2D eigenvalue weighted by molar-refractivity contribution is 0.0696. The molecule has 0 aromatic heterocycles. The minimum Gasteiger partial charge on any atom is -0.508 e. The van der Waals surface area contributed by atoms with Gasteiger partial charge in [-0.05, 0) is 24.3 Å². The highest BCUT2D eigenvalue weighted by atomic mass is 16.5. The molecule has 0 unspecified atom stereocenters. The largest absolute Gasteiger partial charge is 0.508 e. The molecule has 0 fully saturated rings. The van der Waals surface area contributed by atoms with E-state index in [1.54, 1.807) is 24.3 Å². The number of hydrogen-bond acceptors (Lipinski definition) is 4. The van der Waals surface area contributed by atoms with E-state index in [1.807, 2.05) is 12.1 Å². The number of aromatic hydroxyl groups is 1. The topological polar surface area (TPSA) is 78.8 Å². The summed E-state index contributed by atoms with van der Waals surface area (Å²) in [6.45, 7) is 1.55. The lowest BCUT2D eigenvalue weighted by atomic mass is 10.2. The molecule has 0 spiro atoms. The predicted molar refractivity (Wildman–Crippen MR) is 78.7 cm³/mol. The number of nitrogens with one attached hydrogen (secondary N) is 1. The van der Waals surface area contributed by atoms with Gasteiger partial charge in [0.2, 0.25) is 0 Å². The van der Waals surface area contributed by atoms with Gasteiger partial charge in [0, 0.05) is 18.7 Å². The van der Waals surface area contributed by atoms with Crippen molar-refractivity contribution >= 4 is 5.97 Å². The molecule has 3 N–H and O–H groups in total. The van der Waals surface area contributed by atoms with Crippen LogP contribution in [0.4, 0.5) is 0 Å². The van der Waals surface area contributed by atoms with E-state index in [4.69, 9.17) is 9.84 Å². The number of phenolic OH excluding ortho intramolecular Hbond substituents is 1. The van der Waals surface area contributed by atoms with Crippen molar-refractivity contribution in [2.75, 3.05) is 13.2 Å². The third-order valence-electron chi connectivity index (χ3n) is 2.94. The highest BCUT2D eigenvalue weighted by Crippen LogP contribution is 2.15. The van der Waals surface area contributed by atoms with Crippen LogP contribution in [0.1, 0.15) is 15.9 Å². The molecule has 21 heavy (non-hydrogen) atoms. The van der Waals surface area contributed by atoms with Crippen molar-refractivity contribution in [1.29, 1.82) is 0 Å². The molecule has 0 aliphatic carbocycles. The van der Waals surface area contributed by atoms with Crippen LogP contribution in [0.25, 0.3) is 0 Å². The Bertz CT molecular complexity index is 613. The second-order valence-electron chi connectivity index (χ2n) is 4.49. The first-order valence-corrected chi connectivity index (χ1v) is 6.60. The van der Waals surface area contributed by atoms with Gasteiger partial charge in [0.25, 0.3) is 0 Å². The van der Waals surface area contributed by atoms with E-state index in [0.29, 0.717) is 25.4 Å². The highest BCUT2D eigenvalue weighted by Gasteiger charge is 2.03. The van der Waals surface area contributed by atoms with Crippen molar-refractivity contribution in [1.82, 2.24) is 5.32 Å². The highest BCUT2D eigenvalue weighted by molar-refractivity contribution is 5.87. The lowest BCUT2D eigenvalue weighted by Gasteiger charge is -2.09. The summed E-state index contributed by atoms with van der Waals surface area (Å²) in [5.74, 6) is -0.183. The van der Waals surface area contributed by atoms with Gasteiger partial charge in [-0.15, -0.1) is 0 Å². The summed E-state index contributed by atoms with van der Waals surface area (Å²) in [5, 5.41) is 21.6. The molecule has 0 heterocycles. The van der Waals surface area contributed by atoms with E-state index in [2.05, 4.69) is 5.32 Å². The molecule has 0 radical (unpaired) electrons. The molecule has 5 heteroatoms. The standard InChI is InChI=1S/C16H17NO4/c18-15-7-2-1-4-13(15)11-17-8-9-21-14-6-3-5-12(10-14)16(19)20/h1-7,10,17-18H,8-9,11H2,(H,19,20). The second-order valence-corrected chi connectivity index (χ2v) is 4.49. The number of para-hydroxylation sites is 1. The fourth-order valence-corrected chi connectivity index (χ4v) is 1.84. The Morgan fingerprint density at radius 2 is 1.95 bits per heavy atom. The number of aromatic carboxylic acids is 1. The van der Waals surface area contributed by atoms with E-state index in [-0.39, 0.29) is 11.3 Å². The molecule has 0 atom stereocenters. The summed E-state index contributed by atoms with van der Waals surface area (Å²) < 4.78 is 5.48. The van der Waals surface area contributed by atoms with Gasteiger partial charge in [0.05, 0.1) is 5.56 Å². The first-order valence-electron chi connectivity index (χ1n) is 6.60. The zero-order chi connectivity index (χ0) is 15.1. The fourth-order valence-electron chi connectivity index (χ4n) is 1.84. The van der Waals surface area contributed by atoms with Gasteiger partial charge in [0.1, 0.15) is 18.1 Å². The molecular formula is C16H17NO4. The van der Waals surface area contributed by atoms with E-state index in [0.717, 1.165) is 5.56 Å². The summed E-state index contributed by atoms with van der Waals surface area (Å²) in [6, 6.07) is 13.5. The van der Waals surface area contributed by atoms with E-state index in [9.17, 15) is 9.90 Å². The molecule has 110 valence electrons. The van der Waals surface area contributed by atoms with Crippen molar-refractivity contribution in [2.45, 2.75) is 6.54 Å². The van der Waals surface area contributed by atoms with Crippen LogP contribution in [-0.4, -0.2) is 29.3 Å². The lowest BCUT2D eigenvalue weighted by Crippen LogP contribution is -2.20. The quantitative estimate of drug-likeness (QED) is 0.681. The van der Waals surface area contributed by atoms with Crippen molar-refractivity contribution in [2.24, 2.45) is 0 Å². The van der Waals surface area contributed by atoms with E-state index in [1.165, 1.54) is 12.1 Å².